The topological polar surface area (TPSA) is 110 Å². The highest BCUT2D eigenvalue weighted by Gasteiger charge is 2.60. The third-order valence-electron chi connectivity index (χ3n) is 2.28. The van der Waals surface area contributed by atoms with Crippen molar-refractivity contribution in [3.63, 3.8) is 0 Å². The molecule has 0 fully saturated rings. The monoisotopic (exact) mass is 264 g/mol. The van der Waals surface area contributed by atoms with Crippen LogP contribution < -0.4 is 0 Å². The van der Waals surface area contributed by atoms with Crippen molar-refractivity contribution >= 4 is 0 Å². The molecule has 0 aromatic heterocycles. The van der Waals surface area contributed by atoms with Gasteiger partial charge in [-0.25, -0.2) is 0 Å². The molecule has 9 heteroatoms. The van der Waals surface area contributed by atoms with Gasteiger partial charge in [0.1, 0.15) is 18.3 Å². The van der Waals surface area contributed by atoms with E-state index >= 15 is 0 Å². The molecule has 0 aliphatic rings. The SMILES string of the molecule is COC[C@@H](O)[C@H](O)[C@@H](O)[C@@](O)(CO)C(F)(F)F. The maximum Gasteiger partial charge on any atom is 0.422 e. The Labute approximate surface area is 94.9 Å². The fourth-order valence-corrected chi connectivity index (χ4v) is 1.11. The lowest BCUT2D eigenvalue weighted by Crippen LogP contribution is -2.63. The molecule has 0 rings (SSSR count). The van der Waals surface area contributed by atoms with Crippen LogP contribution in [0.1, 0.15) is 0 Å². The highest BCUT2D eigenvalue weighted by Crippen LogP contribution is 2.34. The fourth-order valence-electron chi connectivity index (χ4n) is 1.11. The van der Waals surface area contributed by atoms with Crippen molar-refractivity contribution in [2.45, 2.75) is 30.1 Å². The second-order valence-electron chi connectivity index (χ2n) is 3.54. The molecule has 0 radical (unpaired) electrons. The van der Waals surface area contributed by atoms with E-state index in [-0.39, 0.29) is 0 Å². The molecular formula is C8H15F3O6. The van der Waals surface area contributed by atoms with Crippen LogP contribution in [0.3, 0.4) is 0 Å². The van der Waals surface area contributed by atoms with Gasteiger partial charge < -0.3 is 30.3 Å². The largest absolute Gasteiger partial charge is 0.422 e. The molecule has 0 spiro atoms. The van der Waals surface area contributed by atoms with Gasteiger partial charge in [0.15, 0.2) is 0 Å². The van der Waals surface area contributed by atoms with Crippen molar-refractivity contribution in [2.75, 3.05) is 20.3 Å². The van der Waals surface area contributed by atoms with Crippen LogP contribution in [0.5, 0.6) is 0 Å². The van der Waals surface area contributed by atoms with Crippen molar-refractivity contribution in [3.05, 3.63) is 0 Å². The third-order valence-corrected chi connectivity index (χ3v) is 2.28. The minimum Gasteiger partial charge on any atom is -0.393 e. The molecule has 0 aromatic carbocycles. The first kappa shape index (κ1) is 16.6. The van der Waals surface area contributed by atoms with Gasteiger partial charge in [0.25, 0.3) is 0 Å². The normalized spacial score (nSPS) is 21.7. The Kier molecular flexibility index (Phi) is 5.78. The van der Waals surface area contributed by atoms with E-state index in [1.54, 1.807) is 0 Å². The molecule has 5 N–H and O–H groups in total. The van der Waals surface area contributed by atoms with E-state index in [1.165, 1.54) is 0 Å². The van der Waals surface area contributed by atoms with E-state index in [9.17, 15) is 23.4 Å². The number of halogens is 3. The molecule has 17 heavy (non-hydrogen) atoms. The third kappa shape index (κ3) is 3.50. The summed E-state index contributed by atoms with van der Waals surface area (Å²) in [4.78, 5) is 0. The Morgan fingerprint density at radius 3 is 1.94 bits per heavy atom. The van der Waals surface area contributed by atoms with Gasteiger partial charge in [-0.3, -0.25) is 0 Å². The van der Waals surface area contributed by atoms with Crippen molar-refractivity contribution in [2.24, 2.45) is 0 Å². The molecular weight excluding hydrogens is 249 g/mol. The van der Waals surface area contributed by atoms with Gasteiger partial charge in [-0.15, -0.1) is 0 Å². The van der Waals surface area contributed by atoms with E-state index in [4.69, 9.17) is 15.3 Å². The predicted molar refractivity (Wildman–Crippen MR) is 48.0 cm³/mol. The average Bonchev–Trinajstić information content (AvgIpc) is 2.24. The maximum atomic E-state index is 12.4. The van der Waals surface area contributed by atoms with Crippen LogP contribution in [-0.2, 0) is 4.74 Å². The second kappa shape index (κ2) is 5.94. The predicted octanol–water partition coefficient (Wildman–Crippen LogP) is -2.00. The number of alkyl halides is 3. The number of hydrogen-bond acceptors (Lipinski definition) is 6. The minimum atomic E-state index is -5.37. The zero-order chi connectivity index (χ0) is 13.9. The Morgan fingerprint density at radius 1 is 1.18 bits per heavy atom. The number of ether oxygens (including phenoxy) is 1. The zero-order valence-electron chi connectivity index (χ0n) is 8.92. The van der Waals surface area contributed by atoms with Gasteiger partial charge in [0.2, 0.25) is 5.60 Å². The van der Waals surface area contributed by atoms with E-state index in [0.29, 0.717) is 0 Å². The second-order valence-corrected chi connectivity index (χ2v) is 3.54. The first-order chi connectivity index (χ1) is 7.61. The quantitative estimate of drug-likeness (QED) is 0.379. The van der Waals surface area contributed by atoms with Gasteiger partial charge in [-0.05, 0) is 0 Å². The lowest BCUT2D eigenvalue weighted by molar-refractivity contribution is -0.315. The van der Waals surface area contributed by atoms with Gasteiger partial charge in [-0.1, -0.05) is 0 Å². The van der Waals surface area contributed by atoms with Gasteiger partial charge in [-0.2, -0.15) is 13.2 Å². The molecule has 0 amide bonds. The van der Waals surface area contributed by atoms with Crippen molar-refractivity contribution in [1.29, 1.82) is 0 Å². The maximum absolute atomic E-state index is 12.4. The first-order valence-electron chi connectivity index (χ1n) is 4.55. The molecule has 0 aliphatic carbocycles. The fraction of sp³-hybridized carbons (Fsp3) is 1.00. The molecule has 0 heterocycles. The first-order valence-corrected chi connectivity index (χ1v) is 4.55. The molecule has 0 saturated carbocycles. The summed E-state index contributed by atoms with van der Waals surface area (Å²) in [6.07, 6.45) is -12.3. The summed E-state index contributed by atoms with van der Waals surface area (Å²) in [6, 6.07) is 0. The molecule has 6 nitrogen and oxygen atoms in total. The summed E-state index contributed by atoms with van der Waals surface area (Å²) in [7, 11) is 1.12. The number of hydrogen-bond donors (Lipinski definition) is 5. The van der Waals surface area contributed by atoms with E-state index < -0.39 is 43.3 Å². The average molecular weight is 264 g/mol. The standard InChI is InChI=1S/C8H15F3O6/c1-17-2-4(13)5(14)6(15)7(16,3-12)8(9,10)11/h4-6,12-16H,2-3H2,1H3/t4-,5+,6-,7+/m1/s1. The highest BCUT2D eigenvalue weighted by molar-refractivity contribution is 4.98. The lowest BCUT2D eigenvalue weighted by atomic mass is 9.90. The van der Waals surface area contributed by atoms with Crippen LogP contribution in [0.25, 0.3) is 0 Å². The van der Waals surface area contributed by atoms with Crippen LogP contribution in [0.15, 0.2) is 0 Å². The van der Waals surface area contributed by atoms with Crippen LogP contribution in [0.2, 0.25) is 0 Å². The number of methoxy groups -OCH3 is 1. The molecule has 0 aromatic rings. The Bertz CT molecular complexity index is 236. The molecule has 0 unspecified atom stereocenters. The van der Waals surface area contributed by atoms with Crippen molar-refractivity contribution in [1.82, 2.24) is 0 Å². The summed E-state index contributed by atoms with van der Waals surface area (Å²) in [6.45, 7) is -2.40. The summed E-state index contributed by atoms with van der Waals surface area (Å²) in [5, 5.41) is 45.1. The van der Waals surface area contributed by atoms with Gasteiger partial charge in [0.05, 0.1) is 13.2 Å². The smallest absolute Gasteiger partial charge is 0.393 e. The van der Waals surface area contributed by atoms with Crippen molar-refractivity contribution in [3.8, 4) is 0 Å². The van der Waals surface area contributed by atoms with E-state index in [0.717, 1.165) is 7.11 Å². The van der Waals surface area contributed by atoms with Crippen LogP contribution in [-0.4, -0.2) is 75.9 Å². The van der Waals surface area contributed by atoms with Crippen molar-refractivity contribution < 1.29 is 43.4 Å². The minimum absolute atomic E-state index is 0.544. The Balaban J connectivity index is 4.92. The molecule has 0 saturated heterocycles. The zero-order valence-corrected chi connectivity index (χ0v) is 8.92. The van der Waals surface area contributed by atoms with Gasteiger partial charge >= 0.3 is 6.18 Å². The summed E-state index contributed by atoms with van der Waals surface area (Å²) in [5.74, 6) is 0. The molecule has 4 atom stereocenters. The van der Waals surface area contributed by atoms with Gasteiger partial charge in [0, 0.05) is 7.11 Å². The Hall–Kier alpha value is -0.450. The van der Waals surface area contributed by atoms with E-state index in [2.05, 4.69) is 4.74 Å². The van der Waals surface area contributed by atoms with E-state index in [1.807, 2.05) is 0 Å². The summed E-state index contributed by atoms with van der Waals surface area (Å²) < 4.78 is 41.5. The lowest BCUT2D eigenvalue weighted by Gasteiger charge is -2.36. The number of aliphatic hydroxyl groups excluding tert-OH is 4. The molecule has 0 aliphatic heterocycles. The van der Waals surface area contributed by atoms with Crippen LogP contribution in [0.4, 0.5) is 13.2 Å². The number of rotatable bonds is 6. The number of aliphatic hydroxyl groups is 5. The van der Waals surface area contributed by atoms with Crippen LogP contribution >= 0.6 is 0 Å². The Morgan fingerprint density at radius 2 is 1.65 bits per heavy atom. The highest BCUT2D eigenvalue weighted by atomic mass is 19.4. The molecule has 0 bridgehead atoms. The summed E-state index contributed by atoms with van der Waals surface area (Å²) >= 11 is 0. The van der Waals surface area contributed by atoms with Crippen LogP contribution in [0, 0.1) is 0 Å². The molecule has 104 valence electrons. The summed E-state index contributed by atoms with van der Waals surface area (Å²) in [5.41, 5.74) is -3.92.